The van der Waals surface area contributed by atoms with Crippen molar-refractivity contribution in [3.63, 3.8) is 0 Å². The van der Waals surface area contributed by atoms with E-state index in [4.69, 9.17) is 9.47 Å². The molecule has 0 radical (unpaired) electrons. The van der Waals surface area contributed by atoms with Gasteiger partial charge in [0.15, 0.2) is 0 Å². The Kier molecular flexibility index (Phi) is 5.77. The van der Waals surface area contributed by atoms with Crippen LogP contribution in [0.5, 0.6) is 5.75 Å². The highest BCUT2D eigenvalue weighted by Crippen LogP contribution is 2.17. The fourth-order valence-corrected chi connectivity index (χ4v) is 2.03. The molecular formula is C17H20N2O3. The lowest BCUT2D eigenvalue weighted by atomic mass is 10.1. The SMILES string of the molecule is COC(=O)c1cc(C)cc(OCCCNc2ccncc2)c1. The maximum Gasteiger partial charge on any atom is 0.337 e. The van der Waals surface area contributed by atoms with Gasteiger partial charge in [-0.05, 0) is 49.2 Å². The largest absolute Gasteiger partial charge is 0.493 e. The normalized spacial score (nSPS) is 10.1. The number of methoxy groups -OCH3 is 1. The number of nitrogens with one attached hydrogen (secondary N) is 1. The minimum absolute atomic E-state index is 0.354. The average molecular weight is 300 g/mol. The van der Waals surface area contributed by atoms with Crippen molar-refractivity contribution in [2.45, 2.75) is 13.3 Å². The number of anilines is 1. The number of benzene rings is 1. The Balaban J connectivity index is 1.79. The quantitative estimate of drug-likeness (QED) is 0.629. The van der Waals surface area contributed by atoms with E-state index in [9.17, 15) is 4.79 Å². The molecule has 0 aliphatic carbocycles. The van der Waals surface area contributed by atoms with Crippen LogP contribution in [0.1, 0.15) is 22.3 Å². The second kappa shape index (κ2) is 8.02. The number of esters is 1. The number of rotatable bonds is 7. The number of nitrogens with zero attached hydrogens (tertiary/aromatic N) is 1. The van der Waals surface area contributed by atoms with E-state index >= 15 is 0 Å². The third-order valence-electron chi connectivity index (χ3n) is 3.07. The molecule has 5 nitrogen and oxygen atoms in total. The van der Waals surface area contributed by atoms with E-state index in [1.54, 1.807) is 24.5 Å². The molecule has 0 fully saturated rings. The van der Waals surface area contributed by atoms with Gasteiger partial charge in [0.1, 0.15) is 5.75 Å². The molecule has 0 atom stereocenters. The van der Waals surface area contributed by atoms with Gasteiger partial charge in [-0.15, -0.1) is 0 Å². The molecular weight excluding hydrogens is 280 g/mol. The molecule has 0 unspecified atom stereocenters. The Morgan fingerprint density at radius 2 is 2.00 bits per heavy atom. The number of carbonyl (C=O) groups excluding carboxylic acids is 1. The molecule has 2 aromatic rings. The molecule has 0 amide bonds. The molecule has 0 saturated carbocycles. The van der Waals surface area contributed by atoms with Gasteiger partial charge in [0.2, 0.25) is 0 Å². The minimum Gasteiger partial charge on any atom is -0.493 e. The first-order valence-electron chi connectivity index (χ1n) is 7.16. The molecule has 5 heteroatoms. The molecule has 1 aromatic carbocycles. The number of hydrogen-bond donors (Lipinski definition) is 1. The summed E-state index contributed by atoms with van der Waals surface area (Å²) >= 11 is 0. The van der Waals surface area contributed by atoms with E-state index in [-0.39, 0.29) is 5.97 Å². The van der Waals surface area contributed by atoms with E-state index in [1.807, 2.05) is 25.1 Å². The predicted molar refractivity (Wildman–Crippen MR) is 85.4 cm³/mol. The van der Waals surface area contributed by atoms with E-state index in [2.05, 4.69) is 10.3 Å². The maximum absolute atomic E-state index is 11.6. The van der Waals surface area contributed by atoms with Crippen molar-refractivity contribution < 1.29 is 14.3 Å². The van der Waals surface area contributed by atoms with Gasteiger partial charge in [-0.25, -0.2) is 4.79 Å². The van der Waals surface area contributed by atoms with Crippen LogP contribution in [0, 0.1) is 6.92 Å². The zero-order valence-electron chi connectivity index (χ0n) is 12.8. The van der Waals surface area contributed by atoms with Gasteiger partial charge in [0.25, 0.3) is 0 Å². The highest BCUT2D eigenvalue weighted by Gasteiger charge is 2.08. The molecule has 116 valence electrons. The number of carbonyl (C=O) groups is 1. The van der Waals surface area contributed by atoms with E-state index in [0.717, 1.165) is 24.2 Å². The fraction of sp³-hybridized carbons (Fsp3) is 0.294. The average Bonchev–Trinajstić information content (AvgIpc) is 2.54. The summed E-state index contributed by atoms with van der Waals surface area (Å²) in [5.41, 5.74) is 2.51. The first-order valence-corrected chi connectivity index (χ1v) is 7.16. The Bertz CT molecular complexity index is 615. The summed E-state index contributed by atoms with van der Waals surface area (Å²) < 4.78 is 10.4. The van der Waals surface area contributed by atoms with Crippen LogP contribution in [0.25, 0.3) is 0 Å². The van der Waals surface area contributed by atoms with Crippen LogP contribution >= 0.6 is 0 Å². The van der Waals surface area contributed by atoms with Crippen molar-refractivity contribution in [1.82, 2.24) is 4.98 Å². The first kappa shape index (κ1) is 15.8. The standard InChI is InChI=1S/C17H20N2O3/c1-13-10-14(17(20)21-2)12-16(11-13)22-9-3-6-19-15-4-7-18-8-5-15/h4-5,7-8,10-12H,3,6,9H2,1-2H3,(H,18,19). The van der Waals surface area contributed by atoms with Gasteiger partial charge in [-0.2, -0.15) is 0 Å². The summed E-state index contributed by atoms with van der Waals surface area (Å²) in [6.07, 6.45) is 4.35. The molecule has 0 saturated heterocycles. The van der Waals surface area contributed by atoms with Crippen molar-refractivity contribution in [1.29, 1.82) is 0 Å². The van der Waals surface area contributed by atoms with Gasteiger partial charge < -0.3 is 14.8 Å². The molecule has 1 heterocycles. The highest BCUT2D eigenvalue weighted by atomic mass is 16.5. The van der Waals surface area contributed by atoms with Gasteiger partial charge in [0.05, 0.1) is 19.3 Å². The van der Waals surface area contributed by atoms with Crippen LogP contribution in [0.2, 0.25) is 0 Å². The fourth-order valence-electron chi connectivity index (χ4n) is 2.03. The molecule has 0 aliphatic heterocycles. The smallest absolute Gasteiger partial charge is 0.337 e. The van der Waals surface area contributed by atoms with Crippen LogP contribution in [0.3, 0.4) is 0 Å². The minimum atomic E-state index is -0.354. The molecule has 0 spiro atoms. The predicted octanol–water partition coefficient (Wildman–Crippen LogP) is 3.06. The summed E-state index contributed by atoms with van der Waals surface area (Å²) in [6, 6.07) is 9.23. The van der Waals surface area contributed by atoms with Gasteiger partial charge in [-0.3, -0.25) is 4.98 Å². The first-order chi connectivity index (χ1) is 10.7. The van der Waals surface area contributed by atoms with E-state index < -0.39 is 0 Å². The van der Waals surface area contributed by atoms with Crippen LogP contribution in [0.15, 0.2) is 42.7 Å². The van der Waals surface area contributed by atoms with E-state index in [1.165, 1.54) is 7.11 Å². The lowest BCUT2D eigenvalue weighted by Crippen LogP contribution is -2.08. The Labute approximate surface area is 130 Å². The third kappa shape index (κ3) is 4.77. The number of aryl methyl sites for hydroxylation is 1. The number of aromatic nitrogens is 1. The number of pyridine rings is 1. The lowest BCUT2D eigenvalue weighted by Gasteiger charge is -2.10. The topological polar surface area (TPSA) is 60.5 Å². The Morgan fingerprint density at radius 3 is 2.73 bits per heavy atom. The van der Waals surface area contributed by atoms with Crippen LogP contribution in [-0.4, -0.2) is 31.2 Å². The zero-order valence-corrected chi connectivity index (χ0v) is 12.8. The summed E-state index contributed by atoms with van der Waals surface area (Å²) in [4.78, 5) is 15.5. The summed E-state index contributed by atoms with van der Waals surface area (Å²) in [5, 5.41) is 3.29. The highest BCUT2D eigenvalue weighted by molar-refractivity contribution is 5.90. The summed E-state index contributed by atoms with van der Waals surface area (Å²) in [6.45, 7) is 3.30. The van der Waals surface area contributed by atoms with Crippen molar-refractivity contribution in [2.75, 3.05) is 25.6 Å². The maximum atomic E-state index is 11.6. The second-order valence-electron chi connectivity index (χ2n) is 4.89. The monoisotopic (exact) mass is 300 g/mol. The zero-order chi connectivity index (χ0) is 15.8. The van der Waals surface area contributed by atoms with Crippen LogP contribution < -0.4 is 10.1 Å². The van der Waals surface area contributed by atoms with Gasteiger partial charge >= 0.3 is 5.97 Å². The van der Waals surface area contributed by atoms with Crippen LogP contribution in [-0.2, 0) is 4.74 Å². The lowest BCUT2D eigenvalue weighted by molar-refractivity contribution is 0.0600. The van der Waals surface area contributed by atoms with Crippen molar-refractivity contribution in [3.05, 3.63) is 53.9 Å². The summed E-state index contributed by atoms with van der Waals surface area (Å²) in [5.74, 6) is 0.331. The second-order valence-corrected chi connectivity index (χ2v) is 4.89. The van der Waals surface area contributed by atoms with Crippen molar-refractivity contribution in [2.24, 2.45) is 0 Å². The molecule has 2 rings (SSSR count). The Hall–Kier alpha value is -2.56. The van der Waals surface area contributed by atoms with Crippen LogP contribution in [0.4, 0.5) is 5.69 Å². The number of hydrogen-bond acceptors (Lipinski definition) is 5. The third-order valence-corrected chi connectivity index (χ3v) is 3.07. The molecule has 22 heavy (non-hydrogen) atoms. The Morgan fingerprint density at radius 1 is 1.23 bits per heavy atom. The van der Waals surface area contributed by atoms with Gasteiger partial charge in [0, 0.05) is 24.6 Å². The molecule has 1 aromatic heterocycles. The molecule has 0 aliphatic rings. The van der Waals surface area contributed by atoms with Gasteiger partial charge in [-0.1, -0.05) is 0 Å². The molecule has 0 bridgehead atoms. The van der Waals surface area contributed by atoms with Crippen molar-refractivity contribution in [3.8, 4) is 5.75 Å². The van der Waals surface area contributed by atoms with Crippen molar-refractivity contribution >= 4 is 11.7 Å². The number of ether oxygens (including phenoxy) is 2. The summed E-state index contributed by atoms with van der Waals surface area (Å²) in [7, 11) is 1.37. The molecule has 1 N–H and O–H groups in total. The van der Waals surface area contributed by atoms with E-state index in [0.29, 0.717) is 17.9 Å².